The Kier molecular flexibility index (Phi) is 9.52. The molecule has 1 aromatic heterocycles. The Balaban J connectivity index is 2.52. The molecule has 6 nitrogen and oxygen atoms in total. The number of nitrogens with zero attached hydrogens (tertiary/aromatic N) is 1. The van der Waals surface area contributed by atoms with Crippen molar-refractivity contribution >= 4 is 25.0 Å². The van der Waals surface area contributed by atoms with Crippen molar-refractivity contribution in [3.05, 3.63) is 30.1 Å². The molecule has 0 bridgehead atoms. The zero-order chi connectivity index (χ0) is 17.1. The summed E-state index contributed by atoms with van der Waals surface area (Å²) in [6.45, 7) is 2.00. The number of unbranched alkanes of at least 4 members (excludes halogenated alkanes) is 4. The summed E-state index contributed by atoms with van der Waals surface area (Å²) >= 11 is 5.33. The highest BCUT2D eigenvalue weighted by Gasteiger charge is 2.20. The molecule has 0 amide bonds. The molecule has 23 heavy (non-hydrogen) atoms. The van der Waals surface area contributed by atoms with Crippen LogP contribution in [-0.4, -0.2) is 26.4 Å². The minimum Gasteiger partial charge on any atom is -0.370 e. The van der Waals surface area contributed by atoms with Crippen LogP contribution < -0.4 is 5.32 Å². The van der Waals surface area contributed by atoms with Crippen LogP contribution in [0.1, 0.15) is 57.1 Å². The Morgan fingerprint density at radius 2 is 2.13 bits per heavy atom. The number of thiocarbonyl (C=S) groups is 1. The van der Waals surface area contributed by atoms with E-state index in [0.29, 0.717) is 4.99 Å². The molecular weight excluding hydrogens is 335 g/mol. The summed E-state index contributed by atoms with van der Waals surface area (Å²) in [7, 11) is -4.52. The van der Waals surface area contributed by atoms with Crippen molar-refractivity contribution in [2.75, 3.05) is 6.61 Å². The number of rotatable bonds is 11. The molecule has 1 atom stereocenters. The molecule has 130 valence electrons. The highest BCUT2D eigenvalue weighted by atomic mass is 32.1. The molecule has 0 spiro atoms. The SMILES string of the molecule is CCCCCCCC(=S)NC(COP(=O)(O)O)c1cccnc1. The number of phosphoric acid groups is 1. The van der Waals surface area contributed by atoms with Crippen molar-refractivity contribution in [3.8, 4) is 0 Å². The van der Waals surface area contributed by atoms with Crippen LogP contribution in [0.2, 0.25) is 0 Å². The first kappa shape index (κ1) is 20.2. The lowest BCUT2D eigenvalue weighted by Crippen LogP contribution is -2.30. The molecule has 0 aromatic carbocycles. The molecule has 3 N–H and O–H groups in total. The van der Waals surface area contributed by atoms with E-state index in [0.717, 1.165) is 24.8 Å². The quantitative estimate of drug-likeness (QED) is 0.316. The molecule has 0 aliphatic heterocycles. The van der Waals surface area contributed by atoms with Gasteiger partial charge in [0.2, 0.25) is 0 Å². The van der Waals surface area contributed by atoms with Gasteiger partial charge in [-0.2, -0.15) is 0 Å². The van der Waals surface area contributed by atoms with E-state index < -0.39 is 13.9 Å². The van der Waals surface area contributed by atoms with Gasteiger partial charge in [-0.05, 0) is 24.5 Å². The van der Waals surface area contributed by atoms with Gasteiger partial charge < -0.3 is 15.1 Å². The van der Waals surface area contributed by atoms with Crippen molar-refractivity contribution in [1.82, 2.24) is 10.3 Å². The number of hydrogen-bond donors (Lipinski definition) is 3. The molecule has 0 saturated heterocycles. The van der Waals surface area contributed by atoms with Gasteiger partial charge in [0.1, 0.15) is 0 Å². The van der Waals surface area contributed by atoms with Crippen LogP contribution >= 0.6 is 20.0 Å². The Morgan fingerprint density at radius 3 is 2.74 bits per heavy atom. The standard InChI is InChI=1S/C15H25N2O4PS/c1-2-3-4-5-6-9-15(23)17-14(12-21-22(18,19)20)13-8-7-10-16-11-13/h7-8,10-11,14H,2-6,9,12H2,1H3,(H,17,23)(H2,18,19,20). The largest absolute Gasteiger partial charge is 0.469 e. The minimum absolute atomic E-state index is 0.175. The summed E-state index contributed by atoms with van der Waals surface area (Å²) in [5, 5.41) is 3.12. The average molecular weight is 360 g/mol. The zero-order valence-corrected chi connectivity index (χ0v) is 15.1. The first-order chi connectivity index (χ1) is 10.9. The summed E-state index contributed by atoms with van der Waals surface area (Å²) in [5.41, 5.74) is 0.772. The fourth-order valence-electron chi connectivity index (χ4n) is 2.13. The maximum atomic E-state index is 10.9. The second-order valence-corrected chi connectivity index (χ2v) is 7.09. The summed E-state index contributed by atoms with van der Waals surface area (Å²) in [4.78, 5) is 22.5. The summed E-state index contributed by atoms with van der Waals surface area (Å²) in [6, 6.07) is 3.15. The number of phosphoric ester groups is 1. The van der Waals surface area contributed by atoms with Crippen molar-refractivity contribution in [1.29, 1.82) is 0 Å². The van der Waals surface area contributed by atoms with Gasteiger partial charge >= 0.3 is 7.82 Å². The molecule has 0 aliphatic rings. The van der Waals surface area contributed by atoms with Gasteiger partial charge in [-0.1, -0.05) is 50.9 Å². The van der Waals surface area contributed by atoms with Crippen molar-refractivity contribution in [3.63, 3.8) is 0 Å². The van der Waals surface area contributed by atoms with Crippen LogP contribution in [0.5, 0.6) is 0 Å². The Morgan fingerprint density at radius 1 is 1.39 bits per heavy atom. The molecule has 0 aliphatic carbocycles. The molecule has 0 saturated carbocycles. The first-order valence-corrected chi connectivity index (χ1v) is 9.75. The van der Waals surface area contributed by atoms with Gasteiger partial charge in [0.05, 0.1) is 17.6 Å². The molecule has 0 radical (unpaired) electrons. The monoisotopic (exact) mass is 360 g/mol. The lowest BCUT2D eigenvalue weighted by molar-refractivity contribution is 0.182. The topological polar surface area (TPSA) is 91.7 Å². The maximum Gasteiger partial charge on any atom is 0.469 e. The maximum absolute atomic E-state index is 10.9. The van der Waals surface area contributed by atoms with Crippen LogP contribution in [0.4, 0.5) is 0 Å². The Bertz CT molecular complexity index is 509. The van der Waals surface area contributed by atoms with Crippen molar-refractivity contribution in [2.24, 2.45) is 0 Å². The van der Waals surface area contributed by atoms with E-state index in [2.05, 4.69) is 21.7 Å². The minimum atomic E-state index is -4.52. The van der Waals surface area contributed by atoms with Crippen LogP contribution in [-0.2, 0) is 9.09 Å². The van der Waals surface area contributed by atoms with Crippen molar-refractivity contribution < 1.29 is 18.9 Å². The molecular formula is C15H25N2O4PS. The summed E-state index contributed by atoms with van der Waals surface area (Å²) in [5.74, 6) is 0. The smallest absolute Gasteiger partial charge is 0.370 e. The van der Waals surface area contributed by atoms with Gasteiger partial charge in [0, 0.05) is 12.4 Å². The fourth-order valence-corrected chi connectivity index (χ4v) is 2.76. The number of aromatic nitrogens is 1. The van der Waals surface area contributed by atoms with Crippen molar-refractivity contribution in [2.45, 2.75) is 51.5 Å². The Hall–Kier alpha value is -0.850. The molecule has 1 aromatic rings. The second-order valence-electron chi connectivity index (χ2n) is 5.36. The van der Waals surface area contributed by atoms with E-state index in [9.17, 15) is 4.57 Å². The summed E-state index contributed by atoms with van der Waals surface area (Å²) < 4.78 is 15.5. The van der Waals surface area contributed by atoms with Crippen LogP contribution in [0.3, 0.4) is 0 Å². The molecule has 0 fully saturated rings. The predicted octanol–water partition coefficient (Wildman–Crippen LogP) is 3.51. The van der Waals surface area contributed by atoms with Gasteiger partial charge in [0.15, 0.2) is 0 Å². The number of nitrogens with one attached hydrogen (secondary N) is 1. The van der Waals surface area contributed by atoms with E-state index in [-0.39, 0.29) is 6.61 Å². The second kappa shape index (κ2) is 10.8. The number of hydrogen-bond acceptors (Lipinski definition) is 4. The fraction of sp³-hybridized carbons (Fsp3) is 0.600. The highest BCUT2D eigenvalue weighted by molar-refractivity contribution is 7.80. The molecule has 1 heterocycles. The van der Waals surface area contributed by atoms with E-state index in [1.54, 1.807) is 18.5 Å². The first-order valence-electron chi connectivity index (χ1n) is 7.81. The third kappa shape index (κ3) is 9.79. The molecule has 8 heteroatoms. The van der Waals surface area contributed by atoms with Gasteiger partial charge in [-0.25, -0.2) is 4.57 Å². The van der Waals surface area contributed by atoms with E-state index >= 15 is 0 Å². The van der Waals surface area contributed by atoms with E-state index in [4.69, 9.17) is 22.0 Å². The molecule has 1 rings (SSSR count). The van der Waals surface area contributed by atoms with Gasteiger partial charge in [-0.3, -0.25) is 9.51 Å². The Labute approximate surface area is 142 Å². The number of pyridine rings is 1. The van der Waals surface area contributed by atoms with Crippen LogP contribution in [0, 0.1) is 0 Å². The normalized spacial score (nSPS) is 12.8. The average Bonchev–Trinajstić information content (AvgIpc) is 2.51. The van der Waals surface area contributed by atoms with Gasteiger partial charge in [0.25, 0.3) is 0 Å². The van der Waals surface area contributed by atoms with Gasteiger partial charge in [-0.15, -0.1) is 0 Å². The summed E-state index contributed by atoms with van der Waals surface area (Å²) in [6.07, 6.45) is 9.79. The zero-order valence-electron chi connectivity index (χ0n) is 13.4. The van der Waals surface area contributed by atoms with E-state index in [1.165, 1.54) is 19.3 Å². The lowest BCUT2D eigenvalue weighted by atomic mass is 10.1. The molecule has 1 unspecified atom stereocenters. The van der Waals surface area contributed by atoms with Crippen LogP contribution in [0.15, 0.2) is 24.5 Å². The lowest BCUT2D eigenvalue weighted by Gasteiger charge is -2.20. The third-order valence-corrected chi connectivity index (χ3v) is 4.15. The van der Waals surface area contributed by atoms with E-state index in [1.807, 2.05) is 6.07 Å². The van der Waals surface area contributed by atoms with Crippen LogP contribution in [0.25, 0.3) is 0 Å². The highest BCUT2D eigenvalue weighted by Crippen LogP contribution is 2.37. The predicted molar refractivity (Wildman–Crippen MR) is 94.1 cm³/mol. The third-order valence-electron chi connectivity index (χ3n) is 3.34.